The van der Waals surface area contributed by atoms with E-state index < -0.39 is 18.1 Å². The van der Waals surface area contributed by atoms with Crippen molar-refractivity contribution in [3.05, 3.63) is 12.5 Å². The lowest BCUT2D eigenvalue weighted by atomic mass is 10.0. The first-order chi connectivity index (χ1) is 19.8. The summed E-state index contributed by atoms with van der Waals surface area (Å²) in [6.45, 7) is 5.83. The summed E-state index contributed by atoms with van der Waals surface area (Å²) in [5.74, 6) is -0.766. The lowest BCUT2D eigenvalue weighted by molar-refractivity contribution is -0.158. The van der Waals surface area contributed by atoms with E-state index in [-0.39, 0.29) is 37.8 Å². The Balaban J connectivity index is 1.68. The highest BCUT2D eigenvalue weighted by molar-refractivity contribution is 5.75. The van der Waals surface area contributed by atoms with Gasteiger partial charge in [-0.1, -0.05) is 97.8 Å². The Morgan fingerprint density at radius 1 is 0.878 bits per heavy atom. The highest BCUT2D eigenvalue weighted by Crippen LogP contribution is 2.14. The standard InChI is InChI=1S/C30H52N6O5/c1-4-5-6-7-8-9-10-11-12-13-14-15-16-17-26(37)39-19-24(20-40-29(38)27(31)23(2)3)41-22-36-21-34-25-18-33-30(32)35-28(25)36/h18,21,23-24,27H,4-17,19-20,22,31H2,1-3H3,(H2,32,33,35)/t24?,27-/m0/s1. The molecule has 41 heavy (non-hydrogen) atoms. The predicted octanol–water partition coefficient (Wildman–Crippen LogP) is 5.30. The molecule has 2 heterocycles. The van der Waals surface area contributed by atoms with Gasteiger partial charge in [-0.15, -0.1) is 0 Å². The molecule has 0 bridgehead atoms. The molecule has 232 valence electrons. The summed E-state index contributed by atoms with van der Waals surface area (Å²) in [6, 6.07) is -0.744. The van der Waals surface area contributed by atoms with Gasteiger partial charge in [0.05, 0.1) is 12.5 Å². The van der Waals surface area contributed by atoms with Crippen LogP contribution in [0.25, 0.3) is 11.2 Å². The number of carbonyl (C=O) groups is 2. The van der Waals surface area contributed by atoms with Crippen molar-refractivity contribution in [2.45, 2.75) is 130 Å². The number of rotatable bonds is 23. The molecule has 11 heteroatoms. The van der Waals surface area contributed by atoms with Crippen LogP contribution in [0.15, 0.2) is 12.5 Å². The van der Waals surface area contributed by atoms with Crippen LogP contribution in [0.2, 0.25) is 0 Å². The van der Waals surface area contributed by atoms with Crippen LogP contribution in [0.4, 0.5) is 5.95 Å². The molecule has 2 atom stereocenters. The summed E-state index contributed by atoms with van der Waals surface area (Å²) < 4.78 is 18.4. The number of hydrogen-bond donors (Lipinski definition) is 2. The first kappa shape index (κ1) is 34.4. The van der Waals surface area contributed by atoms with Crippen LogP contribution < -0.4 is 11.5 Å². The molecule has 11 nitrogen and oxygen atoms in total. The van der Waals surface area contributed by atoms with Crippen molar-refractivity contribution in [1.29, 1.82) is 0 Å². The van der Waals surface area contributed by atoms with Crippen LogP contribution >= 0.6 is 0 Å². The number of aromatic nitrogens is 4. The number of nitrogens with two attached hydrogens (primary N) is 2. The molecule has 0 aromatic carbocycles. The van der Waals surface area contributed by atoms with Gasteiger partial charge < -0.3 is 25.7 Å². The van der Waals surface area contributed by atoms with E-state index in [1.54, 1.807) is 10.9 Å². The van der Waals surface area contributed by atoms with Gasteiger partial charge in [-0.3, -0.25) is 14.2 Å². The van der Waals surface area contributed by atoms with E-state index in [1.807, 2.05) is 13.8 Å². The summed E-state index contributed by atoms with van der Waals surface area (Å²) >= 11 is 0. The minimum Gasteiger partial charge on any atom is -0.463 e. The maximum absolute atomic E-state index is 12.4. The number of nitrogen functional groups attached to an aromatic ring is 1. The van der Waals surface area contributed by atoms with Gasteiger partial charge in [0, 0.05) is 6.42 Å². The fraction of sp³-hybridized carbons (Fsp3) is 0.767. The van der Waals surface area contributed by atoms with E-state index in [1.165, 1.54) is 70.4 Å². The number of anilines is 1. The largest absolute Gasteiger partial charge is 0.463 e. The fourth-order valence-corrected chi connectivity index (χ4v) is 4.38. The average molecular weight is 577 g/mol. The molecule has 0 fully saturated rings. The molecule has 1 unspecified atom stereocenters. The Kier molecular flexibility index (Phi) is 16.9. The van der Waals surface area contributed by atoms with E-state index in [0.29, 0.717) is 17.6 Å². The van der Waals surface area contributed by atoms with Crippen molar-refractivity contribution in [1.82, 2.24) is 19.5 Å². The molecule has 0 saturated carbocycles. The molecule has 2 aromatic rings. The minimum atomic E-state index is -0.744. The second-order valence-corrected chi connectivity index (χ2v) is 11.1. The quantitative estimate of drug-likeness (QED) is 0.131. The molecule has 4 N–H and O–H groups in total. The number of ether oxygens (including phenoxy) is 3. The number of nitrogens with zero attached hydrogens (tertiary/aromatic N) is 4. The Hall–Kier alpha value is -2.79. The van der Waals surface area contributed by atoms with E-state index in [0.717, 1.165) is 19.3 Å². The molecular formula is C30H52N6O5. The van der Waals surface area contributed by atoms with Gasteiger partial charge in [0.2, 0.25) is 5.95 Å². The van der Waals surface area contributed by atoms with Gasteiger partial charge in [0.15, 0.2) is 5.65 Å². The maximum Gasteiger partial charge on any atom is 0.323 e. The smallest absolute Gasteiger partial charge is 0.323 e. The highest BCUT2D eigenvalue weighted by atomic mass is 16.6. The van der Waals surface area contributed by atoms with Crippen molar-refractivity contribution in [3.63, 3.8) is 0 Å². The second-order valence-electron chi connectivity index (χ2n) is 11.1. The molecule has 0 aliphatic carbocycles. The second kappa shape index (κ2) is 20.1. The van der Waals surface area contributed by atoms with Gasteiger partial charge in [0.1, 0.15) is 37.6 Å². The van der Waals surface area contributed by atoms with E-state index in [4.69, 9.17) is 25.7 Å². The zero-order valence-corrected chi connectivity index (χ0v) is 25.4. The summed E-state index contributed by atoms with van der Waals surface area (Å²) in [7, 11) is 0. The van der Waals surface area contributed by atoms with E-state index in [9.17, 15) is 9.59 Å². The Labute approximate surface area is 245 Å². The van der Waals surface area contributed by atoms with Crippen LogP contribution in [0.1, 0.15) is 111 Å². The molecular weight excluding hydrogens is 524 g/mol. The molecule has 0 radical (unpaired) electrons. The van der Waals surface area contributed by atoms with Crippen molar-refractivity contribution in [3.8, 4) is 0 Å². The van der Waals surface area contributed by atoms with Gasteiger partial charge in [0.25, 0.3) is 0 Å². The number of unbranched alkanes of at least 4 members (excludes halogenated alkanes) is 12. The van der Waals surface area contributed by atoms with Crippen molar-refractivity contribution >= 4 is 29.1 Å². The SMILES string of the molecule is CCCCCCCCCCCCCCCC(=O)OCC(COC(=O)[C@@H](N)C(C)C)OCn1cnc2cnc(N)nc21. The third kappa shape index (κ3) is 14.1. The monoisotopic (exact) mass is 576 g/mol. The Morgan fingerprint density at radius 2 is 1.46 bits per heavy atom. The van der Waals surface area contributed by atoms with Gasteiger partial charge in [-0.2, -0.15) is 4.98 Å². The Bertz CT molecular complexity index is 1010. The van der Waals surface area contributed by atoms with E-state index in [2.05, 4.69) is 21.9 Å². The molecule has 0 spiro atoms. The normalized spacial score (nSPS) is 13.0. The first-order valence-electron chi connectivity index (χ1n) is 15.4. The zero-order valence-electron chi connectivity index (χ0n) is 25.4. The molecule has 0 aliphatic rings. The molecule has 0 amide bonds. The topological polar surface area (TPSA) is 157 Å². The van der Waals surface area contributed by atoms with Crippen LogP contribution in [0, 0.1) is 5.92 Å². The Morgan fingerprint density at radius 3 is 2.07 bits per heavy atom. The molecule has 0 aliphatic heterocycles. The van der Waals surface area contributed by atoms with Gasteiger partial charge in [-0.25, -0.2) is 9.97 Å². The van der Waals surface area contributed by atoms with Gasteiger partial charge >= 0.3 is 11.9 Å². The predicted molar refractivity (Wildman–Crippen MR) is 160 cm³/mol. The number of imidazole rings is 1. The van der Waals surface area contributed by atoms with Gasteiger partial charge in [-0.05, 0) is 12.3 Å². The maximum atomic E-state index is 12.4. The lowest BCUT2D eigenvalue weighted by Crippen LogP contribution is -2.39. The lowest BCUT2D eigenvalue weighted by Gasteiger charge is -2.20. The van der Waals surface area contributed by atoms with E-state index >= 15 is 0 Å². The highest BCUT2D eigenvalue weighted by Gasteiger charge is 2.22. The first-order valence-corrected chi connectivity index (χ1v) is 15.4. The van der Waals surface area contributed by atoms with Crippen molar-refractivity contribution in [2.24, 2.45) is 11.7 Å². The summed E-state index contributed by atoms with van der Waals surface area (Å²) in [6.07, 6.45) is 18.9. The third-order valence-electron chi connectivity index (χ3n) is 7.14. The summed E-state index contributed by atoms with van der Waals surface area (Å²) in [4.78, 5) is 37.0. The van der Waals surface area contributed by atoms with Crippen LogP contribution in [-0.4, -0.2) is 56.8 Å². The molecule has 2 rings (SSSR count). The summed E-state index contributed by atoms with van der Waals surface area (Å²) in [5.41, 5.74) is 12.7. The number of esters is 2. The van der Waals surface area contributed by atoms with Crippen molar-refractivity contribution < 1.29 is 23.8 Å². The summed E-state index contributed by atoms with van der Waals surface area (Å²) in [5, 5.41) is 0. The number of hydrogen-bond acceptors (Lipinski definition) is 10. The third-order valence-corrected chi connectivity index (χ3v) is 7.14. The molecule has 2 aromatic heterocycles. The zero-order chi connectivity index (χ0) is 29.9. The fourth-order valence-electron chi connectivity index (χ4n) is 4.38. The average Bonchev–Trinajstić information content (AvgIpc) is 3.36. The minimum absolute atomic E-state index is 0.0435. The van der Waals surface area contributed by atoms with Crippen molar-refractivity contribution in [2.75, 3.05) is 18.9 Å². The molecule has 0 saturated heterocycles. The number of carbonyl (C=O) groups excluding carboxylic acids is 2. The number of fused-ring (bicyclic) bond motifs is 1. The van der Waals surface area contributed by atoms with Crippen LogP contribution in [0.3, 0.4) is 0 Å². The van der Waals surface area contributed by atoms with Crippen LogP contribution in [0.5, 0.6) is 0 Å². The van der Waals surface area contributed by atoms with Crippen LogP contribution in [-0.2, 0) is 30.5 Å².